The molecule has 5 nitrogen and oxygen atoms in total. The molecule has 0 radical (unpaired) electrons. The van der Waals surface area contributed by atoms with Gasteiger partial charge in [0.25, 0.3) is 0 Å². The first-order valence-electron chi connectivity index (χ1n) is 4.75. The average Bonchev–Trinajstić information content (AvgIpc) is 2.58. The number of aromatic nitrogens is 1. The molecule has 0 bridgehead atoms. The summed E-state index contributed by atoms with van der Waals surface area (Å²) in [6, 6.07) is 3.31. The van der Waals surface area contributed by atoms with E-state index in [-0.39, 0.29) is 18.0 Å². The second-order valence-corrected chi connectivity index (χ2v) is 3.54. The Kier molecular flexibility index (Phi) is 2.55. The van der Waals surface area contributed by atoms with Crippen molar-refractivity contribution in [3.63, 3.8) is 0 Å². The Morgan fingerprint density at radius 1 is 1.67 bits per heavy atom. The minimum absolute atomic E-state index is 0.0109. The van der Waals surface area contributed by atoms with E-state index in [1.165, 1.54) is 0 Å². The van der Waals surface area contributed by atoms with Crippen LogP contribution in [0.4, 0.5) is 0 Å². The van der Waals surface area contributed by atoms with Crippen LogP contribution in [0.1, 0.15) is 18.0 Å². The van der Waals surface area contributed by atoms with Gasteiger partial charge >= 0.3 is 0 Å². The molecule has 1 aromatic rings. The van der Waals surface area contributed by atoms with E-state index >= 15 is 0 Å². The van der Waals surface area contributed by atoms with Crippen molar-refractivity contribution >= 4 is 5.91 Å². The predicted octanol–water partition coefficient (Wildman–Crippen LogP) is -0.0215. The Balaban J connectivity index is 2.25. The lowest BCUT2D eigenvalue weighted by Gasteiger charge is -2.15. The van der Waals surface area contributed by atoms with Crippen molar-refractivity contribution in [2.24, 2.45) is 5.73 Å². The van der Waals surface area contributed by atoms with Gasteiger partial charge in [-0.2, -0.15) is 0 Å². The molecule has 15 heavy (non-hydrogen) atoms. The summed E-state index contributed by atoms with van der Waals surface area (Å²) in [5.74, 6) is 0.518. The van der Waals surface area contributed by atoms with Gasteiger partial charge in [0, 0.05) is 24.7 Å². The smallest absolute Gasteiger partial charge is 0.222 e. The Morgan fingerprint density at radius 2 is 2.47 bits per heavy atom. The molecule has 1 amide bonds. The minimum Gasteiger partial charge on any atom is -0.481 e. The Bertz CT molecular complexity index is 381. The van der Waals surface area contributed by atoms with E-state index in [9.17, 15) is 4.79 Å². The van der Waals surface area contributed by atoms with Gasteiger partial charge in [-0.1, -0.05) is 0 Å². The highest BCUT2D eigenvalue weighted by atomic mass is 16.5. The Labute approximate surface area is 87.6 Å². The van der Waals surface area contributed by atoms with Crippen molar-refractivity contribution in [1.29, 1.82) is 0 Å². The highest BCUT2D eigenvalue weighted by molar-refractivity contribution is 5.80. The van der Waals surface area contributed by atoms with Crippen LogP contribution in [0.2, 0.25) is 0 Å². The van der Waals surface area contributed by atoms with Crippen LogP contribution in [0.3, 0.4) is 0 Å². The fourth-order valence-electron chi connectivity index (χ4n) is 1.73. The number of carbonyl (C=O) groups is 1. The molecule has 1 saturated heterocycles. The number of pyridine rings is 1. The van der Waals surface area contributed by atoms with Crippen LogP contribution >= 0.6 is 0 Å². The van der Waals surface area contributed by atoms with Gasteiger partial charge in [0.2, 0.25) is 11.8 Å². The fraction of sp³-hybridized carbons (Fsp3) is 0.400. The topological polar surface area (TPSA) is 77.2 Å². The van der Waals surface area contributed by atoms with Crippen LogP contribution in [0.25, 0.3) is 0 Å². The summed E-state index contributed by atoms with van der Waals surface area (Å²) in [7, 11) is 1.55. The second kappa shape index (κ2) is 3.86. The molecule has 2 rings (SSSR count). The SMILES string of the molecule is COc1cc(C2NC(=O)CC2N)ccn1. The molecule has 1 aliphatic heterocycles. The molecule has 0 saturated carbocycles. The normalized spacial score (nSPS) is 25.1. The summed E-state index contributed by atoms with van der Waals surface area (Å²) in [5, 5.41) is 2.82. The van der Waals surface area contributed by atoms with Gasteiger partial charge in [0.05, 0.1) is 13.2 Å². The van der Waals surface area contributed by atoms with Gasteiger partial charge in [-0.3, -0.25) is 4.79 Å². The number of amides is 1. The zero-order chi connectivity index (χ0) is 10.8. The van der Waals surface area contributed by atoms with Crippen LogP contribution in [-0.4, -0.2) is 24.0 Å². The van der Waals surface area contributed by atoms with Gasteiger partial charge in [-0.25, -0.2) is 4.98 Å². The monoisotopic (exact) mass is 207 g/mol. The van der Waals surface area contributed by atoms with Crippen molar-refractivity contribution in [3.8, 4) is 5.88 Å². The maximum absolute atomic E-state index is 11.2. The lowest BCUT2D eigenvalue weighted by atomic mass is 10.0. The number of nitrogens with one attached hydrogen (secondary N) is 1. The molecule has 1 fully saturated rings. The number of rotatable bonds is 2. The minimum atomic E-state index is -0.176. The number of carbonyl (C=O) groups excluding carboxylic acids is 1. The van der Waals surface area contributed by atoms with Crippen molar-refractivity contribution in [2.45, 2.75) is 18.5 Å². The summed E-state index contributed by atoms with van der Waals surface area (Å²) in [5.41, 5.74) is 6.78. The van der Waals surface area contributed by atoms with E-state index in [2.05, 4.69) is 10.3 Å². The van der Waals surface area contributed by atoms with Crippen LogP contribution in [0.15, 0.2) is 18.3 Å². The zero-order valence-electron chi connectivity index (χ0n) is 8.43. The van der Waals surface area contributed by atoms with Crippen molar-refractivity contribution in [1.82, 2.24) is 10.3 Å². The Morgan fingerprint density at radius 3 is 3.07 bits per heavy atom. The summed E-state index contributed by atoms with van der Waals surface area (Å²) >= 11 is 0. The van der Waals surface area contributed by atoms with Crippen LogP contribution in [-0.2, 0) is 4.79 Å². The number of hydrogen-bond acceptors (Lipinski definition) is 4. The number of hydrogen-bond donors (Lipinski definition) is 2. The van der Waals surface area contributed by atoms with E-state index in [1.54, 1.807) is 19.4 Å². The molecule has 0 spiro atoms. The lowest BCUT2D eigenvalue weighted by molar-refractivity contribution is -0.119. The third kappa shape index (κ3) is 1.92. The molecule has 5 heteroatoms. The van der Waals surface area contributed by atoms with E-state index < -0.39 is 0 Å². The molecule has 1 aliphatic rings. The fourth-order valence-corrected chi connectivity index (χ4v) is 1.73. The van der Waals surface area contributed by atoms with E-state index in [1.807, 2.05) is 6.07 Å². The molecule has 80 valence electrons. The molecule has 1 aromatic heterocycles. The van der Waals surface area contributed by atoms with Gasteiger partial charge in [-0.15, -0.1) is 0 Å². The van der Waals surface area contributed by atoms with Gasteiger partial charge in [0.15, 0.2) is 0 Å². The number of nitrogens with zero attached hydrogens (tertiary/aromatic N) is 1. The molecule has 2 atom stereocenters. The summed E-state index contributed by atoms with van der Waals surface area (Å²) < 4.78 is 5.01. The van der Waals surface area contributed by atoms with Crippen molar-refractivity contribution < 1.29 is 9.53 Å². The predicted molar refractivity (Wildman–Crippen MR) is 54.3 cm³/mol. The van der Waals surface area contributed by atoms with E-state index in [0.29, 0.717) is 12.3 Å². The maximum atomic E-state index is 11.2. The van der Waals surface area contributed by atoms with Crippen molar-refractivity contribution in [2.75, 3.05) is 7.11 Å². The van der Waals surface area contributed by atoms with Crippen molar-refractivity contribution in [3.05, 3.63) is 23.9 Å². The largest absolute Gasteiger partial charge is 0.481 e. The average molecular weight is 207 g/mol. The molecule has 0 aromatic carbocycles. The van der Waals surface area contributed by atoms with E-state index in [4.69, 9.17) is 10.5 Å². The van der Waals surface area contributed by atoms with Crippen LogP contribution in [0.5, 0.6) is 5.88 Å². The molecule has 2 heterocycles. The first-order valence-corrected chi connectivity index (χ1v) is 4.75. The zero-order valence-corrected chi connectivity index (χ0v) is 8.43. The summed E-state index contributed by atoms with van der Waals surface area (Å²) in [4.78, 5) is 15.2. The third-order valence-electron chi connectivity index (χ3n) is 2.49. The quantitative estimate of drug-likeness (QED) is 0.714. The number of ether oxygens (including phenoxy) is 1. The van der Waals surface area contributed by atoms with Gasteiger partial charge < -0.3 is 15.8 Å². The van der Waals surface area contributed by atoms with E-state index in [0.717, 1.165) is 5.56 Å². The second-order valence-electron chi connectivity index (χ2n) is 3.54. The lowest BCUT2D eigenvalue weighted by Crippen LogP contribution is -2.28. The first-order chi connectivity index (χ1) is 7.20. The highest BCUT2D eigenvalue weighted by Crippen LogP contribution is 2.24. The standard InChI is InChI=1S/C10H13N3O2/c1-15-9-4-6(2-3-12-9)10-7(11)5-8(14)13-10/h2-4,7,10H,5,11H2,1H3,(H,13,14). The summed E-state index contributed by atoms with van der Waals surface area (Å²) in [6.07, 6.45) is 2.01. The van der Waals surface area contributed by atoms with Crippen LogP contribution in [0, 0.1) is 0 Å². The number of methoxy groups -OCH3 is 1. The molecule has 3 N–H and O–H groups in total. The molecular weight excluding hydrogens is 194 g/mol. The van der Waals surface area contributed by atoms with Crippen LogP contribution < -0.4 is 15.8 Å². The number of nitrogens with two attached hydrogens (primary N) is 1. The maximum Gasteiger partial charge on any atom is 0.222 e. The Hall–Kier alpha value is -1.62. The van der Waals surface area contributed by atoms with Gasteiger partial charge in [0.1, 0.15) is 0 Å². The summed E-state index contributed by atoms with van der Waals surface area (Å²) in [6.45, 7) is 0. The molecule has 0 aliphatic carbocycles. The molecular formula is C10H13N3O2. The highest BCUT2D eigenvalue weighted by Gasteiger charge is 2.30. The first kappa shape index (κ1) is 9.92. The molecule has 2 unspecified atom stereocenters. The third-order valence-corrected chi connectivity index (χ3v) is 2.49. The van der Waals surface area contributed by atoms with Gasteiger partial charge in [-0.05, 0) is 11.6 Å².